The van der Waals surface area contributed by atoms with Crippen molar-refractivity contribution in [3.05, 3.63) is 0 Å². The van der Waals surface area contributed by atoms with Crippen LogP contribution in [0.3, 0.4) is 0 Å². The van der Waals surface area contributed by atoms with E-state index in [1.807, 2.05) is 0 Å². The molecule has 0 radical (unpaired) electrons. The minimum absolute atomic E-state index is 0.208. The minimum atomic E-state index is -0.512. The molecular weight excluding hydrogens is 268 g/mol. The maximum Gasteiger partial charge on any atom is 0.305 e. The molecule has 1 atom stereocenters. The molecule has 120 valence electrons. The van der Waals surface area contributed by atoms with Gasteiger partial charge in [0, 0.05) is 26.2 Å². The van der Waals surface area contributed by atoms with Crippen molar-refractivity contribution in [2.24, 2.45) is 0 Å². The van der Waals surface area contributed by atoms with E-state index in [4.69, 9.17) is 4.74 Å². The largest absolute Gasteiger partial charge is 0.469 e. The Morgan fingerprint density at radius 3 is 2.38 bits per heavy atom. The van der Waals surface area contributed by atoms with Gasteiger partial charge in [-0.1, -0.05) is 50.9 Å². The van der Waals surface area contributed by atoms with Gasteiger partial charge in [-0.15, -0.1) is 0 Å². The third kappa shape index (κ3) is 13.2. The summed E-state index contributed by atoms with van der Waals surface area (Å²) in [5, 5.41) is 0. The fraction of sp³-hybridized carbons (Fsp3) is 0.765. The monoisotopic (exact) mass is 296 g/mol. The molecular formula is C17H28O4. The highest BCUT2D eigenvalue weighted by molar-refractivity contribution is 5.69. The van der Waals surface area contributed by atoms with Crippen LogP contribution in [-0.4, -0.2) is 25.2 Å². The van der Waals surface area contributed by atoms with Crippen LogP contribution in [-0.2, 0) is 19.1 Å². The summed E-state index contributed by atoms with van der Waals surface area (Å²) in [7, 11) is 1.34. The molecule has 1 unspecified atom stereocenters. The van der Waals surface area contributed by atoms with Gasteiger partial charge in [0.05, 0.1) is 7.11 Å². The van der Waals surface area contributed by atoms with Gasteiger partial charge in [-0.05, 0) is 6.42 Å². The van der Waals surface area contributed by atoms with E-state index in [0.29, 0.717) is 6.42 Å². The topological polar surface area (TPSA) is 52.6 Å². The van der Waals surface area contributed by atoms with Gasteiger partial charge in [-0.2, -0.15) is 0 Å². The SMILES string of the molecule is CCCCCCCCC#CC(CCC(=O)OC)OC(C)=O. The lowest BCUT2D eigenvalue weighted by Crippen LogP contribution is -2.16. The van der Waals surface area contributed by atoms with Crippen molar-refractivity contribution in [3.8, 4) is 11.8 Å². The van der Waals surface area contributed by atoms with Gasteiger partial charge in [-0.25, -0.2) is 0 Å². The third-order valence-corrected chi connectivity index (χ3v) is 3.06. The maximum atomic E-state index is 11.1. The first kappa shape index (κ1) is 19.5. The molecule has 0 N–H and O–H groups in total. The highest BCUT2D eigenvalue weighted by Gasteiger charge is 2.11. The van der Waals surface area contributed by atoms with Gasteiger partial charge >= 0.3 is 11.9 Å². The molecule has 21 heavy (non-hydrogen) atoms. The Bertz CT molecular complexity index is 352. The Morgan fingerprint density at radius 1 is 1.10 bits per heavy atom. The van der Waals surface area contributed by atoms with Crippen LogP contribution < -0.4 is 0 Å². The number of hydrogen-bond acceptors (Lipinski definition) is 4. The van der Waals surface area contributed by atoms with Crippen LogP contribution in [0.1, 0.15) is 71.6 Å². The molecule has 0 aromatic rings. The molecule has 0 spiro atoms. The lowest BCUT2D eigenvalue weighted by Gasteiger charge is -2.09. The second-order valence-corrected chi connectivity index (χ2v) is 5.05. The van der Waals surface area contributed by atoms with Gasteiger partial charge in [0.2, 0.25) is 0 Å². The average molecular weight is 296 g/mol. The van der Waals surface area contributed by atoms with Crippen molar-refractivity contribution in [1.82, 2.24) is 0 Å². The smallest absolute Gasteiger partial charge is 0.305 e. The number of unbranched alkanes of at least 4 members (excludes halogenated alkanes) is 6. The normalized spacial score (nSPS) is 11.2. The van der Waals surface area contributed by atoms with E-state index in [0.717, 1.165) is 12.8 Å². The summed E-state index contributed by atoms with van der Waals surface area (Å²) in [6, 6.07) is 0. The maximum absolute atomic E-state index is 11.1. The molecule has 0 aliphatic heterocycles. The number of carbonyl (C=O) groups is 2. The molecule has 0 fully saturated rings. The van der Waals surface area contributed by atoms with E-state index in [9.17, 15) is 9.59 Å². The summed E-state index contributed by atoms with van der Waals surface area (Å²) < 4.78 is 9.65. The van der Waals surface area contributed by atoms with E-state index < -0.39 is 6.10 Å². The van der Waals surface area contributed by atoms with E-state index in [-0.39, 0.29) is 18.4 Å². The Hall–Kier alpha value is -1.50. The molecule has 0 amide bonds. The van der Waals surface area contributed by atoms with Crippen molar-refractivity contribution < 1.29 is 19.1 Å². The predicted octanol–water partition coefficient (Wildman–Crippen LogP) is 3.63. The van der Waals surface area contributed by atoms with Gasteiger partial charge in [-0.3, -0.25) is 9.59 Å². The number of esters is 2. The average Bonchev–Trinajstić information content (AvgIpc) is 2.46. The second kappa shape index (κ2) is 13.5. The van der Waals surface area contributed by atoms with Crippen molar-refractivity contribution in [2.45, 2.75) is 77.7 Å². The Kier molecular flexibility index (Phi) is 12.5. The van der Waals surface area contributed by atoms with Crippen molar-refractivity contribution in [2.75, 3.05) is 7.11 Å². The number of rotatable bonds is 10. The van der Waals surface area contributed by atoms with E-state index in [2.05, 4.69) is 23.5 Å². The first-order valence-corrected chi connectivity index (χ1v) is 7.82. The first-order chi connectivity index (χ1) is 10.1. The molecule has 4 heteroatoms. The molecule has 0 aromatic carbocycles. The van der Waals surface area contributed by atoms with Crippen LogP contribution in [0.15, 0.2) is 0 Å². The zero-order valence-corrected chi connectivity index (χ0v) is 13.6. The lowest BCUT2D eigenvalue weighted by molar-refractivity contribution is -0.147. The number of hydrogen-bond donors (Lipinski definition) is 0. The summed E-state index contributed by atoms with van der Waals surface area (Å²) >= 11 is 0. The van der Waals surface area contributed by atoms with Crippen molar-refractivity contribution >= 4 is 11.9 Å². The highest BCUT2D eigenvalue weighted by Crippen LogP contribution is 2.07. The number of ether oxygens (including phenoxy) is 2. The fourth-order valence-electron chi connectivity index (χ4n) is 1.89. The Morgan fingerprint density at radius 2 is 1.76 bits per heavy atom. The van der Waals surface area contributed by atoms with E-state index in [1.165, 1.54) is 46.1 Å². The quantitative estimate of drug-likeness (QED) is 0.351. The van der Waals surface area contributed by atoms with Crippen molar-refractivity contribution in [1.29, 1.82) is 0 Å². The summed E-state index contributed by atoms with van der Waals surface area (Å²) in [4.78, 5) is 22.1. The molecule has 0 aliphatic carbocycles. The van der Waals surface area contributed by atoms with Gasteiger partial charge < -0.3 is 9.47 Å². The summed E-state index contributed by atoms with van der Waals surface area (Å²) in [5.74, 6) is 5.28. The number of carbonyl (C=O) groups excluding carboxylic acids is 2. The Labute approximate surface area is 128 Å². The highest BCUT2D eigenvalue weighted by atomic mass is 16.5. The molecule has 0 aromatic heterocycles. The summed E-state index contributed by atoms with van der Waals surface area (Å²) in [6.07, 6.45) is 8.25. The molecule has 0 saturated carbocycles. The first-order valence-electron chi connectivity index (χ1n) is 7.82. The molecule has 0 saturated heterocycles. The summed E-state index contributed by atoms with van der Waals surface area (Å²) in [5.41, 5.74) is 0. The third-order valence-electron chi connectivity index (χ3n) is 3.06. The zero-order chi connectivity index (χ0) is 15.9. The van der Waals surface area contributed by atoms with Gasteiger partial charge in [0.1, 0.15) is 0 Å². The van der Waals surface area contributed by atoms with Gasteiger partial charge in [0.25, 0.3) is 0 Å². The van der Waals surface area contributed by atoms with E-state index >= 15 is 0 Å². The summed E-state index contributed by atoms with van der Waals surface area (Å²) in [6.45, 7) is 3.55. The lowest BCUT2D eigenvalue weighted by atomic mass is 10.1. The number of methoxy groups -OCH3 is 1. The van der Waals surface area contributed by atoms with Crippen molar-refractivity contribution in [3.63, 3.8) is 0 Å². The van der Waals surface area contributed by atoms with Gasteiger partial charge in [0.15, 0.2) is 6.10 Å². The molecule has 0 aliphatic rings. The molecule has 0 rings (SSSR count). The molecule has 0 bridgehead atoms. The second-order valence-electron chi connectivity index (χ2n) is 5.05. The predicted molar refractivity (Wildman–Crippen MR) is 82.6 cm³/mol. The fourth-order valence-corrected chi connectivity index (χ4v) is 1.89. The minimum Gasteiger partial charge on any atom is -0.469 e. The van der Waals surface area contributed by atoms with Crippen LogP contribution in [0, 0.1) is 11.8 Å². The molecule has 4 nitrogen and oxygen atoms in total. The molecule has 0 heterocycles. The zero-order valence-electron chi connectivity index (χ0n) is 13.6. The van der Waals surface area contributed by atoms with Crippen LogP contribution in [0.4, 0.5) is 0 Å². The van der Waals surface area contributed by atoms with Crippen LogP contribution in [0.5, 0.6) is 0 Å². The van der Waals surface area contributed by atoms with E-state index in [1.54, 1.807) is 0 Å². The standard InChI is InChI=1S/C17H28O4/c1-4-5-6-7-8-9-10-11-12-16(21-15(2)18)13-14-17(19)20-3/h16H,4-10,13-14H2,1-3H3. The van der Waals surface area contributed by atoms with Crippen LogP contribution in [0.2, 0.25) is 0 Å². The van der Waals surface area contributed by atoms with Crippen LogP contribution in [0.25, 0.3) is 0 Å². The van der Waals surface area contributed by atoms with Crippen LogP contribution >= 0.6 is 0 Å². The Balaban J connectivity index is 3.96.